The number of anilines is 2. The van der Waals surface area contributed by atoms with E-state index in [-0.39, 0.29) is 5.75 Å². The number of hydrogen-bond donors (Lipinski definition) is 2. The molecule has 0 saturated heterocycles. The zero-order chi connectivity index (χ0) is 13.9. The minimum Gasteiger partial charge on any atom is -0.382 e. The second-order valence-electron chi connectivity index (χ2n) is 5.24. The van der Waals surface area contributed by atoms with E-state index >= 15 is 0 Å². The van der Waals surface area contributed by atoms with Gasteiger partial charge in [0.15, 0.2) is 0 Å². The summed E-state index contributed by atoms with van der Waals surface area (Å²) >= 11 is 0. The summed E-state index contributed by atoms with van der Waals surface area (Å²) in [4.78, 5) is 0. The molecule has 5 heteroatoms. The van der Waals surface area contributed by atoms with Crippen LogP contribution in [0.2, 0.25) is 0 Å². The van der Waals surface area contributed by atoms with Crippen molar-refractivity contribution in [1.82, 2.24) is 0 Å². The first kappa shape index (κ1) is 14.2. The highest BCUT2D eigenvalue weighted by Crippen LogP contribution is 2.28. The summed E-state index contributed by atoms with van der Waals surface area (Å²) in [5, 5.41) is 3.52. The lowest BCUT2D eigenvalue weighted by atomic mass is 10.1. The zero-order valence-electron chi connectivity index (χ0n) is 11.5. The van der Waals surface area contributed by atoms with Gasteiger partial charge in [-0.25, -0.2) is 8.42 Å². The van der Waals surface area contributed by atoms with Gasteiger partial charge in [-0.15, -0.1) is 0 Å². The standard InChI is InChI=1S/C14H22N2O2S/c1-3-19(17,18)16-13-9-7-12(8-10-13)15-14-6-4-5-11(14)2/h7-11,14-16H,3-6H2,1-2H3. The lowest BCUT2D eigenvalue weighted by molar-refractivity contribution is 0.556. The molecule has 1 fully saturated rings. The fourth-order valence-electron chi connectivity index (χ4n) is 2.46. The average molecular weight is 282 g/mol. The third-order valence-electron chi connectivity index (χ3n) is 3.75. The quantitative estimate of drug-likeness (QED) is 0.872. The molecule has 0 bridgehead atoms. The van der Waals surface area contributed by atoms with Gasteiger partial charge >= 0.3 is 0 Å². The molecule has 1 saturated carbocycles. The molecule has 19 heavy (non-hydrogen) atoms. The minimum atomic E-state index is -3.19. The Labute approximate surface area is 115 Å². The molecule has 0 aromatic heterocycles. The summed E-state index contributed by atoms with van der Waals surface area (Å²) in [5.74, 6) is 0.797. The lowest BCUT2D eigenvalue weighted by Crippen LogP contribution is -2.21. The van der Waals surface area contributed by atoms with Gasteiger partial charge < -0.3 is 5.32 Å². The molecular formula is C14H22N2O2S. The molecule has 1 aliphatic rings. The number of rotatable bonds is 5. The van der Waals surface area contributed by atoms with Crippen LogP contribution in [0.15, 0.2) is 24.3 Å². The molecule has 2 unspecified atom stereocenters. The first-order valence-corrected chi connectivity index (χ1v) is 8.52. The van der Waals surface area contributed by atoms with Crippen molar-refractivity contribution in [2.75, 3.05) is 15.8 Å². The number of nitrogens with one attached hydrogen (secondary N) is 2. The van der Waals surface area contributed by atoms with Crippen LogP contribution in [-0.2, 0) is 10.0 Å². The second-order valence-corrected chi connectivity index (χ2v) is 7.25. The molecule has 1 aromatic carbocycles. The summed E-state index contributed by atoms with van der Waals surface area (Å²) in [6.07, 6.45) is 3.78. The number of sulfonamides is 1. The van der Waals surface area contributed by atoms with Crippen molar-refractivity contribution in [3.8, 4) is 0 Å². The van der Waals surface area contributed by atoms with Crippen molar-refractivity contribution < 1.29 is 8.42 Å². The Morgan fingerprint density at radius 2 is 1.79 bits per heavy atom. The Balaban J connectivity index is 1.98. The van der Waals surface area contributed by atoms with Gasteiger partial charge in [0.2, 0.25) is 10.0 Å². The van der Waals surface area contributed by atoms with E-state index in [9.17, 15) is 8.42 Å². The smallest absolute Gasteiger partial charge is 0.232 e. The first-order chi connectivity index (χ1) is 9.00. The lowest BCUT2D eigenvalue weighted by Gasteiger charge is -2.18. The first-order valence-electron chi connectivity index (χ1n) is 6.87. The second kappa shape index (κ2) is 5.82. The van der Waals surface area contributed by atoms with Crippen molar-refractivity contribution in [3.05, 3.63) is 24.3 Å². The van der Waals surface area contributed by atoms with Crippen LogP contribution in [0, 0.1) is 5.92 Å². The fourth-order valence-corrected chi connectivity index (χ4v) is 3.10. The van der Waals surface area contributed by atoms with Crippen LogP contribution in [0.1, 0.15) is 33.1 Å². The van der Waals surface area contributed by atoms with E-state index in [0.29, 0.717) is 17.6 Å². The van der Waals surface area contributed by atoms with Gasteiger partial charge in [-0.1, -0.05) is 13.3 Å². The SMILES string of the molecule is CCS(=O)(=O)Nc1ccc(NC2CCCC2C)cc1. The summed E-state index contributed by atoms with van der Waals surface area (Å²) in [7, 11) is -3.19. The van der Waals surface area contributed by atoms with E-state index in [0.717, 1.165) is 5.69 Å². The van der Waals surface area contributed by atoms with Gasteiger partial charge in [0.25, 0.3) is 0 Å². The molecule has 1 aliphatic carbocycles. The fraction of sp³-hybridized carbons (Fsp3) is 0.571. The Bertz CT molecular complexity index is 511. The van der Waals surface area contributed by atoms with Crippen molar-refractivity contribution in [3.63, 3.8) is 0 Å². The maximum atomic E-state index is 11.4. The average Bonchev–Trinajstić information content (AvgIpc) is 2.77. The summed E-state index contributed by atoms with van der Waals surface area (Å²) in [5.41, 5.74) is 1.67. The third-order valence-corrected chi connectivity index (χ3v) is 5.06. The van der Waals surface area contributed by atoms with E-state index in [4.69, 9.17) is 0 Å². The van der Waals surface area contributed by atoms with E-state index in [2.05, 4.69) is 17.0 Å². The largest absolute Gasteiger partial charge is 0.382 e. The predicted octanol–water partition coefficient (Wildman–Crippen LogP) is 3.05. The van der Waals surface area contributed by atoms with E-state index in [1.54, 1.807) is 19.1 Å². The molecule has 106 valence electrons. The topological polar surface area (TPSA) is 58.2 Å². The van der Waals surface area contributed by atoms with Crippen LogP contribution in [0.25, 0.3) is 0 Å². The molecule has 0 radical (unpaired) electrons. The minimum absolute atomic E-state index is 0.0899. The highest BCUT2D eigenvalue weighted by Gasteiger charge is 2.22. The van der Waals surface area contributed by atoms with Gasteiger partial charge in [-0.2, -0.15) is 0 Å². The molecule has 1 aromatic rings. The molecule has 0 aliphatic heterocycles. The maximum absolute atomic E-state index is 11.4. The van der Waals surface area contributed by atoms with Crippen LogP contribution in [0.3, 0.4) is 0 Å². The van der Waals surface area contributed by atoms with Crippen LogP contribution >= 0.6 is 0 Å². The highest BCUT2D eigenvalue weighted by atomic mass is 32.2. The number of benzene rings is 1. The Kier molecular flexibility index (Phi) is 4.34. The summed E-state index contributed by atoms with van der Waals surface area (Å²) in [6, 6.07) is 8.00. The van der Waals surface area contributed by atoms with E-state index in [1.165, 1.54) is 19.3 Å². The van der Waals surface area contributed by atoms with Gasteiger partial charge in [-0.05, 0) is 49.9 Å². The van der Waals surface area contributed by atoms with Crippen LogP contribution in [0.4, 0.5) is 11.4 Å². The summed E-state index contributed by atoms with van der Waals surface area (Å²) in [6.45, 7) is 3.90. The van der Waals surface area contributed by atoms with Crippen molar-refractivity contribution >= 4 is 21.4 Å². The van der Waals surface area contributed by atoms with Crippen LogP contribution in [-0.4, -0.2) is 20.2 Å². The molecular weight excluding hydrogens is 260 g/mol. The maximum Gasteiger partial charge on any atom is 0.232 e. The Hall–Kier alpha value is -1.23. The Morgan fingerprint density at radius 3 is 2.32 bits per heavy atom. The van der Waals surface area contributed by atoms with Gasteiger partial charge in [0.05, 0.1) is 5.75 Å². The van der Waals surface area contributed by atoms with Crippen molar-refractivity contribution in [2.45, 2.75) is 39.2 Å². The van der Waals surface area contributed by atoms with Gasteiger partial charge in [0, 0.05) is 17.4 Å². The highest BCUT2D eigenvalue weighted by molar-refractivity contribution is 7.92. The molecule has 0 heterocycles. The monoisotopic (exact) mass is 282 g/mol. The van der Waals surface area contributed by atoms with Gasteiger partial charge in [-0.3, -0.25) is 4.72 Å². The van der Waals surface area contributed by atoms with Crippen LogP contribution in [0.5, 0.6) is 0 Å². The molecule has 0 spiro atoms. The molecule has 0 amide bonds. The predicted molar refractivity (Wildman–Crippen MR) is 80.0 cm³/mol. The summed E-state index contributed by atoms with van der Waals surface area (Å²) < 4.78 is 25.4. The normalized spacial score (nSPS) is 23.3. The molecule has 2 rings (SSSR count). The third kappa shape index (κ3) is 3.86. The Morgan fingerprint density at radius 1 is 1.16 bits per heavy atom. The molecule has 4 nitrogen and oxygen atoms in total. The zero-order valence-corrected chi connectivity index (χ0v) is 12.3. The van der Waals surface area contributed by atoms with Gasteiger partial charge in [0.1, 0.15) is 0 Å². The van der Waals surface area contributed by atoms with E-state index < -0.39 is 10.0 Å². The van der Waals surface area contributed by atoms with Crippen LogP contribution < -0.4 is 10.0 Å². The number of hydrogen-bond acceptors (Lipinski definition) is 3. The van der Waals surface area contributed by atoms with Crippen molar-refractivity contribution in [2.24, 2.45) is 5.92 Å². The van der Waals surface area contributed by atoms with E-state index in [1.807, 2.05) is 12.1 Å². The molecule has 2 atom stereocenters. The van der Waals surface area contributed by atoms with Crippen molar-refractivity contribution in [1.29, 1.82) is 0 Å². The molecule has 2 N–H and O–H groups in total.